The molecule has 0 radical (unpaired) electrons. The Morgan fingerprint density at radius 3 is 2.69 bits per heavy atom. The molecule has 70 valence electrons. The molecule has 0 fully saturated rings. The SMILES string of the molecule is O=[N+]([O-])NCCOc1ccccc1. The van der Waals surface area contributed by atoms with Gasteiger partial charge in [-0.3, -0.25) is 0 Å². The van der Waals surface area contributed by atoms with Crippen molar-refractivity contribution in [1.29, 1.82) is 0 Å². The minimum Gasteiger partial charge on any atom is -0.492 e. The summed E-state index contributed by atoms with van der Waals surface area (Å²) < 4.78 is 5.19. The van der Waals surface area contributed by atoms with E-state index in [2.05, 4.69) is 0 Å². The number of hydrogen-bond donors (Lipinski definition) is 1. The second-order valence-corrected chi connectivity index (χ2v) is 2.33. The first-order chi connectivity index (χ1) is 6.29. The summed E-state index contributed by atoms with van der Waals surface area (Å²) >= 11 is 0. The quantitative estimate of drug-likeness (QED) is 0.416. The van der Waals surface area contributed by atoms with Gasteiger partial charge in [0, 0.05) is 0 Å². The Kier molecular flexibility index (Phi) is 3.56. The number of rotatable bonds is 5. The van der Waals surface area contributed by atoms with Crippen molar-refractivity contribution in [3.8, 4) is 5.75 Å². The van der Waals surface area contributed by atoms with Gasteiger partial charge in [-0.1, -0.05) is 18.2 Å². The van der Waals surface area contributed by atoms with Crippen LogP contribution < -0.4 is 10.2 Å². The van der Waals surface area contributed by atoms with Gasteiger partial charge in [-0.15, -0.1) is 5.43 Å². The standard InChI is InChI=1S/C8H10N2O3/c11-10(12)9-6-7-13-8-4-2-1-3-5-8/h1-5,9H,6-7H2. The summed E-state index contributed by atoms with van der Waals surface area (Å²) in [5, 5.41) is 9.26. The number of ether oxygens (including phenoxy) is 1. The molecule has 1 N–H and O–H groups in total. The van der Waals surface area contributed by atoms with Crippen molar-refractivity contribution >= 4 is 0 Å². The molecule has 0 saturated heterocycles. The molecule has 0 spiro atoms. The Hall–Kier alpha value is -1.78. The molecule has 13 heavy (non-hydrogen) atoms. The molecule has 0 unspecified atom stereocenters. The fourth-order valence-electron chi connectivity index (χ4n) is 0.823. The van der Waals surface area contributed by atoms with Crippen LogP contribution in [0.1, 0.15) is 0 Å². The van der Waals surface area contributed by atoms with Crippen molar-refractivity contribution in [3.05, 3.63) is 40.4 Å². The van der Waals surface area contributed by atoms with Crippen LogP contribution in [0.2, 0.25) is 0 Å². The highest BCUT2D eigenvalue weighted by Gasteiger charge is 1.94. The molecule has 0 aromatic heterocycles. The fourth-order valence-corrected chi connectivity index (χ4v) is 0.823. The lowest BCUT2D eigenvalue weighted by molar-refractivity contribution is -0.544. The summed E-state index contributed by atoms with van der Waals surface area (Å²) in [5.41, 5.74) is 2.01. The predicted octanol–water partition coefficient (Wildman–Crippen LogP) is 0.847. The van der Waals surface area contributed by atoms with E-state index in [-0.39, 0.29) is 13.2 Å². The number of hydrazine groups is 1. The average Bonchev–Trinajstić information content (AvgIpc) is 2.14. The summed E-state index contributed by atoms with van der Waals surface area (Å²) in [6.45, 7) is 0.479. The van der Waals surface area contributed by atoms with Crippen molar-refractivity contribution in [2.75, 3.05) is 13.2 Å². The summed E-state index contributed by atoms with van der Waals surface area (Å²) in [7, 11) is 0. The molecular weight excluding hydrogens is 172 g/mol. The van der Waals surface area contributed by atoms with Crippen molar-refractivity contribution in [2.45, 2.75) is 0 Å². The van der Waals surface area contributed by atoms with Crippen LogP contribution in [0.15, 0.2) is 30.3 Å². The fraction of sp³-hybridized carbons (Fsp3) is 0.250. The maximum atomic E-state index is 9.85. The third kappa shape index (κ3) is 3.95. The van der Waals surface area contributed by atoms with E-state index in [1.165, 1.54) is 0 Å². The predicted molar refractivity (Wildman–Crippen MR) is 46.9 cm³/mol. The molecule has 0 aliphatic carbocycles. The summed E-state index contributed by atoms with van der Waals surface area (Å²) in [6, 6.07) is 9.16. The largest absolute Gasteiger partial charge is 0.492 e. The highest BCUT2D eigenvalue weighted by molar-refractivity contribution is 5.20. The topological polar surface area (TPSA) is 64.4 Å². The van der Waals surface area contributed by atoms with E-state index < -0.39 is 5.03 Å². The zero-order valence-electron chi connectivity index (χ0n) is 6.97. The lowest BCUT2D eigenvalue weighted by atomic mass is 10.3. The Bertz CT molecular complexity index is 263. The molecule has 1 aromatic carbocycles. The minimum atomic E-state index is -0.589. The molecule has 0 atom stereocenters. The van der Waals surface area contributed by atoms with Crippen LogP contribution in [0.3, 0.4) is 0 Å². The zero-order valence-corrected chi connectivity index (χ0v) is 6.97. The Morgan fingerprint density at radius 2 is 2.08 bits per heavy atom. The number of para-hydroxylation sites is 1. The first-order valence-corrected chi connectivity index (χ1v) is 3.85. The summed E-state index contributed by atoms with van der Waals surface area (Å²) in [5.74, 6) is 0.715. The number of benzene rings is 1. The monoisotopic (exact) mass is 182 g/mol. The van der Waals surface area contributed by atoms with Gasteiger partial charge in [-0.25, -0.2) is 10.1 Å². The van der Waals surface area contributed by atoms with Crippen molar-refractivity contribution < 1.29 is 9.77 Å². The van der Waals surface area contributed by atoms with Crippen LogP contribution in [0.5, 0.6) is 5.75 Å². The zero-order chi connectivity index (χ0) is 9.52. The maximum Gasteiger partial charge on any atom is 0.157 e. The summed E-state index contributed by atoms with van der Waals surface area (Å²) in [4.78, 5) is 9.85. The first-order valence-electron chi connectivity index (χ1n) is 3.85. The van der Waals surface area contributed by atoms with Gasteiger partial charge in [0.15, 0.2) is 5.03 Å². The average molecular weight is 182 g/mol. The molecule has 0 saturated carbocycles. The smallest absolute Gasteiger partial charge is 0.157 e. The second-order valence-electron chi connectivity index (χ2n) is 2.33. The van der Waals surface area contributed by atoms with Crippen LogP contribution in [0.25, 0.3) is 0 Å². The van der Waals surface area contributed by atoms with Gasteiger partial charge in [-0.05, 0) is 12.1 Å². The number of nitrogens with zero attached hydrogens (tertiary/aromatic N) is 1. The van der Waals surface area contributed by atoms with Gasteiger partial charge in [0.1, 0.15) is 18.9 Å². The molecule has 0 bridgehead atoms. The Labute approximate surface area is 75.4 Å². The van der Waals surface area contributed by atoms with Crippen molar-refractivity contribution in [2.24, 2.45) is 0 Å². The van der Waals surface area contributed by atoms with Crippen LogP contribution >= 0.6 is 0 Å². The molecular formula is C8H10N2O3. The van der Waals surface area contributed by atoms with E-state index in [4.69, 9.17) is 4.74 Å². The second kappa shape index (κ2) is 4.97. The lowest BCUT2D eigenvalue weighted by Gasteiger charge is -2.03. The van der Waals surface area contributed by atoms with Crippen LogP contribution in [0.4, 0.5) is 0 Å². The molecule has 0 aliphatic rings. The van der Waals surface area contributed by atoms with E-state index in [1.807, 2.05) is 23.6 Å². The number of nitro groups is 1. The third-order valence-electron chi connectivity index (χ3n) is 1.35. The van der Waals surface area contributed by atoms with Gasteiger partial charge in [-0.2, -0.15) is 0 Å². The molecule has 0 aliphatic heterocycles. The molecule has 0 amide bonds. The first kappa shape index (κ1) is 9.31. The van der Waals surface area contributed by atoms with Gasteiger partial charge < -0.3 is 4.74 Å². The van der Waals surface area contributed by atoms with Crippen LogP contribution in [-0.2, 0) is 0 Å². The van der Waals surface area contributed by atoms with E-state index >= 15 is 0 Å². The number of hydrogen-bond acceptors (Lipinski definition) is 3. The molecule has 1 rings (SSSR count). The summed E-state index contributed by atoms with van der Waals surface area (Å²) in [6.07, 6.45) is 0. The minimum absolute atomic E-state index is 0.196. The van der Waals surface area contributed by atoms with E-state index in [0.717, 1.165) is 0 Å². The van der Waals surface area contributed by atoms with E-state index in [9.17, 15) is 10.1 Å². The van der Waals surface area contributed by atoms with Crippen LogP contribution in [-0.4, -0.2) is 18.2 Å². The van der Waals surface area contributed by atoms with Crippen LogP contribution in [0, 0.1) is 10.1 Å². The molecule has 5 heteroatoms. The van der Waals surface area contributed by atoms with E-state index in [0.29, 0.717) is 5.75 Å². The molecule has 1 aromatic rings. The molecule has 0 heterocycles. The van der Waals surface area contributed by atoms with Gasteiger partial charge in [0.2, 0.25) is 0 Å². The highest BCUT2D eigenvalue weighted by Crippen LogP contribution is 2.07. The van der Waals surface area contributed by atoms with Crippen molar-refractivity contribution in [1.82, 2.24) is 5.43 Å². The normalized spacial score (nSPS) is 9.23. The van der Waals surface area contributed by atoms with Gasteiger partial charge in [0.05, 0.1) is 0 Å². The maximum absolute atomic E-state index is 9.85. The number of nitrogens with one attached hydrogen (secondary N) is 1. The van der Waals surface area contributed by atoms with E-state index in [1.54, 1.807) is 12.1 Å². The Balaban J connectivity index is 2.17. The van der Waals surface area contributed by atoms with Crippen molar-refractivity contribution in [3.63, 3.8) is 0 Å². The molecule has 5 nitrogen and oxygen atoms in total. The highest BCUT2D eigenvalue weighted by atomic mass is 16.7. The third-order valence-corrected chi connectivity index (χ3v) is 1.35. The lowest BCUT2D eigenvalue weighted by Crippen LogP contribution is -2.26. The van der Waals surface area contributed by atoms with Gasteiger partial charge >= 0.3 is 0 Å². The Morgan fingerprint density at radius 1 is 1.38 bits per heavy atom. The van der Waals surface area contributed by atoms with Gasteiger partial charge in [0.25, 0.3) is 0 Å².